The van der Waals surface area contributed by atoms with Gasteiger partial charge in [-0.15, -0.1) is 0 Å². The first-order valence-electron chi connectivity index (χ1n) is 9.51. The van der Waals surface area contributed by atoms with Crippen LogP contribution in [0.2, 0.25) is 0 Å². The third kappa shape index (κ3) is 3.45. The molecule has 0 bridgehead atoms. The van der Waals surface area contributed by atoms with Crippen LogP contribution in [-0.4, -0.2) is 9.55 Å². The van der Waals surface area contributed by atoms with Gasteiger partial charge in [-0.2, -0.15) is 0 Å². The topological polar surface area (TPSA) is 27.1 Å². The van der Waals surface area contributed by atoms with Crippen molar-refractivity contribution in [1.82, 2.24) is 9.55 Å². The molecule has 1 heterocycles. The van der Waals surface area contributed by atoms with E-state index in [4.69, 9.17) is 9.72 Å². The van der Waals surface area contributed by atoms with Crippen molar-refractivity contribution in [2.45, 2.75) is 32.4 Å². The van der Waals surface area contributed by atoms with E-state index in [0.29, 0.717) is 0 Å². The van der Waals surface area contributed by atoms with E-state index in [1.165, 1.54) is 5.56 Å². The van der Waals surface area contributed by atoms with Crippen LogP contribution in [0.25, 0.3) is 11.0 Å². The second kappa shape index (κ2) is 7.67. The highest BCUT2D eigenvalue weighted by Gasteiger charge is 2.24. The fourth-order valence-electron chi connectivity index (χ4n) is 3.56. The van der Waals surface area contributed by atoms with Crippen LogP contribution in [0.5, 0.6) is 5.75 Å². The van der Waals surface area contributed by atoms with Crippen LogP contribution in [0.15, 0.2) is 84.9 Å². The van der Waals surface area contributed by atoms with E-state index in [2.05, 4.69) is 66.9 Å². The highest BCUT2D eigenvalue weighted by Crippen LogP contribution is 2.32. The molecule has 27 heavy (non-hydrogen) atoms. The van der Waals surface area contributed by atoms with Gasteiger partial charge >= 0.3 is 0 Å². The molecule has 3 aromatic carbocycles. The number of imidazole rings is 1. The predicted molar refractivity (Wildman–Crippen MR) is 110 cm³/mol. The summed E-state index contributed by atoms with van der Waals surface area (Å²) < 4.78 is 8.64. The highest BCUT2D eigenvalue weighted by atomic mass is 16.5. The minimum atomic E-state index is -0.106. The van der Waals surface area contributed by atoms with Crippen molar-refractivity contribution >= 4 is 11.0 Å². The maximum absolute atomic E-state index is 6.32. The molecule has 3 heteroatoms. The number of para-hydroxylation sites is 3. The van der Waals surface area contributed by atoms with E-state index in [0.717, 1.165) is 29.0 Å². The quantitative estimate of drug-likeness (QED) is 0.413. The Bertz CT molecular complexity index is 1010. The molecule has 4 aromatic rings. The minimum absolute atomic E-state index is 0.106. The number of ether oxygens (including phenoxy) is 1. The summed E-state index contributed by atoms with van der Waals surface area (Å²) >= 11 is 0. The molecule has 0 saturated carbocycles. The van der Waals surface area contributed by atoms with E-state index in [1.807, 2.05) is 36.4 Å². The number of fused-ring (bicyclic) bond motifs is 1. The molecule has 0 aliphatic heterocycles. The van der Waals surface area contributed by atoms with Crippen LogP contribution < -0.4 is 4.74 Å². The Morgan fingerprint density at radius 3 is 2.19 bits per heavy atom. The molecule has 0 aliphatic carbocycles. The average molecular weight is 356 g/mol. The smallest absolute Gasteiger partial charge is 0.156 e. The lowest BCUT2D eigenvalue weighted by atomic mass is 10.1. The summed E-state index contributed by atoms with van der Waals surface area (Å²) in [4.78, 5) is 4.96. The molecule has 0 N–H and O–H groups in total. The van der Waals surface area contributed by atoms with E-state index in [1.54, 1.807) is 0 Å². The third-order valence-electron chi connectivity index (χ3n) is 4.97. The second-order valence-corrected chi connectivity index (χ2v) is 6.74. The number of benzene rings is 3. The minimum Gasteiger partial charge on any atom is -0.483 e. The van der Waals surface area contributed by atoms with Gasteiger partial charge < -0.3 is 9.30 Å². The number of hydrogen-bond acceptors (Lipinski definition) is 2. The summed E-state index contributed by atoms with van der Waals surface area (Å²) in [5, 5.41) is 0. The largest absolute Gasteiger partial charge is 0.483 e. The van der Waals surface area contributed by atoms with Crippen molar-refractivity contribution in [3.8, 4) is 5.75 Å². The van der Waals surface area contributed by atoms with Crippen LogP contribution in [-0.2, 0) is 0 Å². The molecular weight excluding hydrogens is 332 g/mol. The number of aromatic nitrogens is 2. The lowest BCUT2D eigenvalue weighted by Gasteiger charge is -2.23. The molecular formula is C24H24N2O. The molecule has 0 aliphatic rings. The van der Waals surface area contributed by atoms with Gasteiger partial charge in [0.2, 0.25) is 0 Å². The lowest BCUT2D eigenvalue weighted by molar-refractivity contribution is 0.185. The summed E-state index contributed by atoms with van der Waals surface area (Å²) in [7, 11) is 0. The van der Waals surface area contributed by atoms with Crippen LogP contribution >= 0.6 is 0 Å². The van der Waals surface area contributed by atoms with E-state index < -0.39 is 0 Å². The maximum atomic E-state index is 6.32. The van der Waals surface area contributed by atoms with E-state index >= 15 is 0 Å². The maximum Gasteiger partial charge on any atom is 0.156 e. The fraction of sp³-hybridized carbons (Fsp3) is 0.208. The van der Waals surface area contributed by atoms with E-state index in [-0.39, 0.29) is 12.1 Å². The monoisotopic (exact) mass is 356 g/mol. The molecule has 0 fully saturated rings. The molecule has 2 unspecified atom stereocenters. The van der Waals surface area contributed by atoms with Crippen molar-refractivity contribution in [1.29, 1.82) is 0 Å². The Kier molecular flexibility index (Phi) is 4.93. The molecule has 0 saturated heterocycles. The second-order valence-electron chi connectivity index (χ2n) is 6.74. The summed E-state index contributed by atoms with van der Waals surface area (Å²) in [5.41, 5.74) is 3.40. The van der Waals surface area contributed by atoms with Crippen molar-refractivity contribution in [2.24, 2.45) is 0 Å². The van der Waals surface area contributed by atoms with Crippen LogP contribution in [0.1, 0.15) is 43.8 Å². The van der Waals surface area contributed by atoms with Gasteiger partial charge in [0, 0.05) is 0 Å². The highest BCUT2D eigenvalue weighted by molar-refractivity contribution is 5.76. The van der Waals surface area contributed by atoms with Crippen molar-refractivity contribution in [3.63, 3.8) is 0 Å². The molecule has 4 rings (SSSR count). The molecule has 0 amide bonds. The third-order valence-corrected chi connectivity index (χ3v) is 4.97. The van der Waals surface area contributed by atoms with Crippen LogP contribution in [0.4, 0.5) is 0 Å². The molecule has 0 spiro atoms. The number of rotatable bonds is 6. The van der Waals surface area contributed by atoms with Crippen molar-refractivity contribution < 1.29 is 4.74 Å². The molecule has 3 nitrogen and oxygen atoms in total. The molecule has 0 radical (unpaired) electrons. The predicted octanol–water partition coefficient (Wildman–Crippen LogP) is 6.18. The first-order valence-corrected chi connectivity index (χ1v) is 9.51. The number of hydrogen-bond donors (Lipinski definition) is 0. The first kappa shape index (κ1) is 17.3. The van der Waals surface area contributed by atoms with Gasteiger partial charge in [0.1, 0.15) is 5.75 Å². The average Bonchev–Trinajstić information content (AvgIpc) is 3.12. The Morgan fingerprint density at radius 1 is 0.852 bits per heavy atom. The summed E-state index contributed by atoms with van der Waals surface area (Å²) in [5.74, 6) is 1.84. The lowest BCUT2D eigenvalue weighted by Crippen LogP contribution is -2.17. The van der Waals surface area contributed by atoms with Gasteiger partial charge in [-0.25, -0.2) is 4.98 Å². The van der Waals surface area contributed by atoms with Gasteiger partial charge in [0.05, 0.1) is 17.1 Å². The SMILES string of the molecule is CCC(Oc1ccccc1)c1nc2ccccc2n1C(C)c1ccccc1. The Labute approximate surface area is 160 Å². The van der Waals surface area contributed by atoms with Crippen molar-refractivity contribution in [3.05, 3.63) is 96.3 Å². The fourth-order valence-corrected chi connectivity index (χ4v) is 3.56. The summed E-state index contributed by atoms with van der Waals surface area (Å²) in [6.45, 7) is 4.37. The first-order chi connectivity index (χ1) is 13.3. The molecule has 136 valence electrons. The van der Waals surface area contributed by atoms with Crippen LogP contribution in [0.3, 0.4) is 0 Å². The Balaban J connectivity index is 1.82. The zero-order valence-corrected chi connectivity index (χ0v) is 15.7. The summed E-state index contributed by atoms with van der Waals surface area (Å²) in [6.07, 6.45) is 0.741. The van der Waals surface area contributed by atoms with Gasteiger partial charge in [-0.1, -0.05) is 67.6 Å². The zero-order chi connectivity index (χ0) is 18.6. The van der Waals surface area contributed by atoms with Crippen LogP contribution in [0, 0.1) is 0 Å². The van der Waals surface area contributed by atoms with Gasteiger partial charge in [-0.3, -0.25) is 0 Å². The van der Waals surface area contributed by atoms with Gasteiger partial charge in [0.15, 0.2) is 11.9 Å². The van der Waals surface area contributed by atoms with Gasteiger partial charge in [-0.05, 0) is 43.2 Å². The molecule has 2 atom stereocenters. The summed E-state index contributed by atoms with van der Waals surface area (Å²) in [6, 6.07) is 29.0. The standard InChI is InChI=1S/C24H24N2O/c1-3-23(27-20-14-8-5-9-15-20)24-25-21-16-10-11-17-22(21)26(24)18(2)19-12-6-4-7-13-19/h4-18,23H,3H2,1-2H3. The van der Waals surface area contributed by atoms with Crippen molar-refractivity contribution in [2.75, 3.05) is 0 Å². The number of nitrogens with zero attached hydrogens (tertiary/aromatic N) is 2. The Hall–Kier alpha value is -3.07. The van der Waals surface area contributed by atoms with Gasteiger partial charge in [0.25, 0.3) is 0 Å². The molecule has 1 aromatic heterocycles. The Morgan fingerprint density at radius 2 is 1.48 bits per heavy atom. The zero-order valence-electron chi connectivity index (χ0n) is 15.7. The normalized spacial score (nSPS) is 13.4. The van der Waals surface area contributed by atoms with E-state index in [9.17, 15) is 0 Å².